The average molecular weight is 465 g/mol. The molecule has 1 aliphatic heterocycles. The third-order valence-corrected chi connectivity index (χ3v) is 4.99. The first-order chi connectivity index (χ1) is 16.0. The Hall–Kier alpha value is -3.33. The van der Waals surface area contributed by atoms with Gasteiger partial charge < -0.3 is 29.3 Å². The molecule has 1 saturated heterocycles. The van der Waals surface area contributed by atoms with E-state index in [2.05, 4.69) is 10.2 Å². The van der Waals surface area contributed by atoms with Gasteiger partial charge in [-0.1, -0.05) is 0 Å². The van der Waals surface area contributed by atoms with Crippen molar-refractivity contribution in [1.29, 1.82) is 0 Å². The SMILES string of the molecule is C=O.C=O.CCOC1CCCCN(c2cc(C(=O)Nc3ccc(F)c(F)c3)ccc2OC)C1. The maximum Gasteiger partial charge on any atom is 0.255 e. The van der Waals surface area contributed by atoms with E-state index in [9.17, 15) is 13.6 Å². The zero-order valence-electron chi connectivity index (χ0n) is 18.9. The fourth-order valence-electron chi connectivity index (χ4n) is 3.55. The second kappa shape index (κ2) is 14.7. The van der Waals surface area contributed by atoms with Crippen molar-refractivity contribution in [3.8, 4) is 5.75 Å². The number of methoxy groups -OCH3 is 1. The molecule has 1 atom stereocenters. The van der Waals surface area contributed by atoms with Crippen molar-refractivity contribution in [1.82, 2.24) is 0 Å². The normalized spacial score (nSPS) is 15.2. The Balaban J connectivity index is 0.00000129. The first-order valence-corrected chi connectivity index (χ1v) is 10.4. The molecule has 3 rings (SSSR count). The van der Waals surface area contributed by atoms with Crippen LogP contribution in [0.5, 0.6) is 5.75 Å². The van der Waals surface area contributed by atoms with E-state index in [1.807, 2.05) is 20.5 Å². The van der Waals surface area contributed by atoms with Gasteiger partial charge in [-0.2, -0.15) is 0 Å². The number of halogens is 2. The van der Waals surface area contributed by atoms with Crippen LogP contribution in [0.15, 0.2) is 36.4 Å². The fraction of sp³-hybridized carbons (Fsp3) is 0.375. The molecule has 2 aromatic carbocycles. The Kier molecular flexibility index (Phi) is 12.3. The molecule has 9 heteroatoms. The number of hydrogen-bond donors (Lipinski definition) is 1. The lowest BCUT2D eigenvalue weighted by Crippen LogP contribution is -2.33. The van der Waals surface area contributed by atoms with Gasteiger partial charge in [-0.15, -0.1) is 0 Å². The number of nitrogens with zero attached hydrogens (tertiary/aromatic N) is 1. The van der Waals surface area contributed by atoms with Gasteiger partial charge in [-0.05, 0) is 56.5 Å². The topological polar surface area (TPSA) is 84.9 Å². The second-order valence-corrected chi connectivity index (χ2v) is 6.99. The van der Waals surface area contributed by atoms with Gasteiger partial charge in [-0.3, -0.25) is 4.79 Å². The molecule has 0 aromatic heterocycles. The van der Waals surface area contributed by atoms with Gasteiger partial charge in [0.15, 0.2) is 11.6 Å². The molecule has 0 spiro atoms. The highest BCUT2D eigenvalue weighted by molar-refractivity contribution is 6.05. The van der Waals surface area contributed by atoms with Crippen molar-refractivity contribution in [2.75, 3.05) is 37.0 Å². The molecule has 0 bridgehead atoms. The lowest BCUT2D eigenvalue weighted by atomic mass is 10.1. The molecule has 1 N–H and O–H groups in total. The van der Waals surface area contributed by atoms with E-state index in [-0.39, 0.29) is 11.8 Å². The molecule has 7 nitrogen and oxygen atoms in total. The highest BCUT2D eigenvalue weighted by Gasteiger charge is 2.22. The maximum atomic E-state index is 13.4. The molecule has 1 unspecified atom stereocenters. The van der Waals surface area contributed by atoms with Gasteiger partial charge in [0.25, 0.3) is 5.91 Å². The molecule has 180 valence electrons. The number of rotatable bonds is 6. The summed E-state index contributed by atoms with van der Waals surface area (Å²) in [7, 11) is 1.59. The molecule has 2 aromatic rings. The summed E-state index contributed by atoms with van der Waals surface area (Å²) in [5.41, 5.74) is 1.41. The molecule has 1 amide bonds. The summed E-state index contributed by atoms with van der Waals surface area (Å²) in [6.45, 7) is 8.21. The third-order valence-electron chi connectivity index (χ3n) is 4.99. The van der Waals surface area contributed by atoms with Gasteiger partial charge in [0.1, 0.15) is 19.3 Å². The number of ether oxygens (including phenoxy) is 2. The van der Waals surface area contributed by atoms with Crippen LogP contribution >= 0.6 is 0 Å². The smallest absolute Gasteiger partial charge is 0.255 e. The summed E-state index contributed by atoms with van der Waals surface area (Å²) in [6.07, 6.45) is 3.24. The van der Waals surface area contributed by atoms with Crippen LogP contribution < -0.4 is 15.0 Å². The molecular weight excluding hydrogens is 434 g/mol. The zero-order valence-corrected chi connectivity index (χ0v) is 18.9. The predicted octanol–water partition coefficient (Wildman–Crippen LogP) is 4.25. The van der Waals surface area contributed by atoms with E-state index in [1.165, 1.54) is 6.07 Å². The minimum Gasteiger partial charge on any atom is -0.495 e. The Morgan fingerprint density at radius 3 is 2.45 bits per heavy atom. The van der Waals surface area contributed by atoms with Crippen molar-refractivity contribution in [3.63, 3.8) is 0 Å². The fourth-order valence-corrected chi connectivity index (χ4v) is 3.55. The largest absolute Gasteiger partial charge is 0.495 e. The lowest BCUT2D eigenvalue weighted by molar-refractivity contribution is -0.0987. The van der Waals surface area contributed by atoms with Crippen LogP contribution in [0.3, 0.4) is 0 Å². The van der Waals surface area contributed by atoms with Crippen molar-refractivity contribution in [2.45, 2.75) is 32.3 Å². The first-order valence-electron chi connectivity index (χ1n) is 10.4. The van der Waals surface area contributed by atoms with E-state index in [0.717, 1.165) is 50.2 Å². The Morgan fingerprint density at radius 2 is 1.82 bits per heavy atom. The lowest BCUT2D eigenvalue weighted by Gasteiger charge is -2.28. The van der Waals surface area contributed by atoms with Crippen LogP contribution in [0.1, 0.15) is 36.5 Å². The Morgan fingerprint density at radius 1 is 1.09 bits per heavy atom. The molecule has 0 saturated carbocycles. The van der Waals surface area contributed by atoms with E-state index < -0.39 is 17.5 Å². The summed E-state index contributed by atoms with van der Waals surface area (Å²) < 4.78 is 37.9. The highest BCUT2D eigenvalue weighted by atomic mass is 19.2. The molecule has 0 aliphatic carbocycles. The molecular formula is C24H30F2N2O5. The number of carbonyl (C=O) groups excluding carboxylic acids is 3. The number of hydrogen-bond acceptors (Lipinski definition) is 6. The first kappa shape index (κ1) is 27.7. The van der Waals surface area contributed by atoms with Crippen LogP contribution in [0.4, 0.5) is 20.2 Å². The van der Waals surface area contributed by atoms with Gasteiger partial charge in [-0.25, -0.2) is 8.78 Å². The van der Waals surface area contributed by atoms with Gasteiger partial charge in [0.2, 0.25) is 0 Å². The Bertz CT molecular complexity index is 895. The van der Waals surface area contributed by atoms with E-state index >= 15 is 0 Å². The number of nitrogens with one attached hydrogen (secondary N) is 1. The number of carbonyl (C=O) groups is 3. The van der Waals surface area contributed by atoms with Crippen molar-refractivity contribution < 1.29 is 32.6 Å². The quantitative estimate of drug-likeness (QED) is 0.688. The van der Waals surface area contributed by atoms with Crippen LogP contribution in [0, 0.1) is 11.6 Å². The summed E-state index contributed by atoms with van der Waals surface area (Å²) in [6, 6.07) is 8.42. The zero-order chi connectivity index (χ0) is 24.8. The minimum absolute atomic E-state index is 0.131. The Labute approximate surface area is 192 Å². The number of anilines is 2. The number of amides is 1. The summed E-state index contributed by atoms with van der Waals surface area (Å²) >= 11 is 0. The van der Waals surface area contributed by atoms with Crippen LogP contribution in [0.25, 0.3) is 0 Å². The van der Waals surface area contributed by atoms with Gasteiger partial charge in [0.05, 0.1) is 18.9 Å². The maximum absolute atomic E-state index is 13.4. The van der Waals surface area contributed by atoms with Crippen molar-refractivity contribution in [2.24, 2.45) is 0 Å². The van der Waals surface area contributed by atoms with Crippen molar-refractivity contribution in [3.05, 3.63) is 53.6 Å². The summed E-state index contributed by atoms with van der Waals surface area (Å²) in [5.74, 6) is -1.70. The second-order valence-electron chi connectivity index (χ2n) is 6.99. The number of benzene rings is 2. The summed E-state index contributed by atoms with van der Waals surface area (Å²) in [5, 5.41) is 2.61. The van der Waals surface area contributed by atoms with E-state index in [0.29, 0.717) is 17.9 Å². The van der Waals surface area contributed by atoms with Crippen LogP contribution in [-0.2, 0) is 14.3 Å². The predicted molar refractivity (Wildman–Crippen MR) is 123 cm³/mol. The molecule has 33 heavy (non-hydrogen) atoms. The van der Waals surface area contributed by atoms with Crippen molar-refractivity contribution >= 4 is 30.9 Å². The van der Waals surface area contributed by atoms with E-state index in [1.54, 1.807) is 25.3 Å². The monoisotopic (exact) mass is 464 g/mol. The highest BCUT2D eigenvalue weighted by Crippen LogP contribution is 2.32. The third kappa shape index (κ3) is 7.94. The molecule has 1 fully saturated rings. The standard InChI is InChI=1S/C22H26F2N2O3.2CH2O/c1-3-29-17-6-4-5-11-26(14-17)20-12-15(7-10-21(20)28-2)22(27)25-16-8-9-18(23)19(24)13-16;2*1-2/h7-10,12-13,17H,3-6,11,14H2,1-2H3,(H,25,27);2*1H2. The molecule has 0 radical (unpaired) electrons. The minimum atomic E-state index is -1.01. The molecule has 1 heterocycles. The van der Waals surface area contributed by atoms with Gasteiger partial charge in [0, 0.05) is 37.0 Å². The van der Waals surface area contributed by atoms with Crippen LogP contribution in [-0.4, -0.2) is 52.4 Å². The van der Waals surface area contributed by atoms with E-state index in [4.69, 9.17) is 19.1 Å². The molecule has 1 aliphatic rings. The van der Waals surface area contributed by atoms with Crippen LogP contribution in [0.2, 0.25) is 0 Å². The van der Waals surface area contributed by atoms with Gasteiger partial charge >= 0.3 is 0 Å². The average Bonchev–Trinajstić information content (AvgIpc) is 3.09. The summed E-state index contributed by atoms with van der Waals surface area (Å²) in [4.78, 5) is 30.8.